The predicted molar refractivity (Wildman–Crippen MR) is 99.3 cm³/mol. The summed E-state index contributed by atoms with van der Waals surface area (Å²) in [5.41, 5.74) is 4.11. The van der Waals surface area contributed by atoms with E-state index < -0.39 is 0 Å². The van der Waals surface area contributed by atoms with E-state index in [9.17, 15) is 0 Å². The lowest BCUT2D eigenvalue weighted by Gasteiger charge is -2.28. The van der Waals surface area contributed by atoms with E-state index in [1.807, 2.05) is 0 Å². The zero-order valence-electron chi connectivity index (χ0n) is 15.8. The molecule has 0 spiro atoms. The standard InChI is InChI=1S/C21H32N2/c1-14(2)17-8-10-18(11-9-17)21(6,7)12-16(5)20-22-13-19(23-20)15(3)4/h8-11,13-16H,12H2,1-7H3,(H,22,23). The van der Waals surface area contributed by atoms with Gasteiger partial charge in [0.1, 0.15) is 5.82 Å². The third-order valence-corrected chi connectivity index (χ3v) is 4.85. The molecule has 2 aromatic rings. The Labute approximate surface area is 141 Å². The Morgan fingerprint density at radius 1 is 0.957 bits per heavy atom. The molecule has 126 valence electrons. The quantitative estimate of drug-likeness (QED) is 0.683. The first-order valence-corrected chi connectivity index (χ1v) is 8.86. The van der Waals surface area contributed by atoms with E-state index in [1.165, 1.54) is 11.1 Å². The van der Waals surface area contributed by atoms with Gasteiger partial charge in [-0.25, -0.2) is 4.98 Å². The largest absolute Gasteiger partial charge is 0.348 e. The molecule has 0 amide bonds. The Bertz CT molecular complexity index is 618. The van der Waals surface area contributed by atoms with Crippen LogP contribution in [0.1, 0.15) is 95.3 Å². The minimum atomic E-state index is 0.139. The average Bonchev–Trinajstić information content (AvgIpc) is 2.97. The fraction of sp³-hybridized carbons (Fsp3) is 0.571. The van der Waals surface area contributed by atoms with Crippen molar-refractivity contribution in [2.45, 2.75) is 78.1 Å². The van der Waals surface area contributed by atoms with Crippen LogP contribution in [0, 0.1) is 0 Å². The van der Waals surface area contributed by atoms with E-state index in [0.717, 1.165) is 17.9 Å². The molecule has 1 unspecified atom stereocenters. The Kier molecular flexibility index (Phi) is 5.33. The molecule has 2 nitrogen and oxygen atoms in total. The Morgan fingerprint density at radius 3 is 2.04 bits per heavy atom. The van der Waals surface area contributed by atoms with Gasteiger partial charge in [0.2, 0.25) is 0 Å². The minimum absolute atomic E-state index is 0.139. The van der Waals surface area contributed by atoms with Crippen LogP contribution in [0.2, 0.25) is 0 Å². The summed E-state index contributed by atoms with van der Waals surface area (Å²) in [4.78, 5) is 8.14. The molecular formula is C21H32N2. The van der Waals surface area contributed by atoms with Gasteiger partial charge in [-0.15, -0.1) is 0 Å². The van der Waals surface area contributed by atoms with Gasteiger partial charge in [-0.05, 0) is 34.8 Å². The SMILES string of the molecule is CC(C)c1ccc(C(C)(C)CC(C)c2nc(C(C)C)c[nH]2)cc1. The smallest absolute Gasteiger partial charge is 0.109 e. The fourth-order valence-electron chi connectivity index (χ4n) is 3.20. The highest BCUT2D eigenvalue weighted by Crippen LogP contribution is 2.34. The number of imidazole rings is 1. The number of benzene rings is 1. The van der Waals surface area contributed by atoms with Crippen LogP contribution in [0.15, 0.2) is 30.5 Å². The monoisotopic (exact) mass is 312 g/mol. The van der Waals surface area contributed by atoms with Gasteiger partial charge in [0.05, 0.1) is 5.69 Å². The maximum Gasteiger partial charge on any atom is 0.109 e. The number of hydrogen-bond acceptors (Lipinski definition) is 1. The molecule has 1 atom stereocenters. The lowest BCUT2D eigenvalue weighted by atomic mass is 9.77. The van der Waals surface area contributed by atoms with Crippen molar-refractivity contribution in [3.05, 3.63) is 53.1 Å². The Morgan fingerprint density at radius 2 is 1.57 bits per heavy atom. The van der Waals surface area contributed by atoms with E-state index in [1.54, 1.807) is 0 Å². The average molecular weight is 313 g/mol. The van der Waals surface area contributed by atoms with Crippen LogP contribution >= 0.6 is 0 Å². The summed E-state index contributed by atoms with van der Waals surface area (Å²) >= 11 is 0. The van der Waals surface area contributed by atoms with Gasteiger partial charge in [0.15, 0.2) is 0 Å². The molecule has 0 fully saturated rings. The first-order chi connectivity index (χ1) is 10.7. The number of aromatic amines is 1. The highest BCUT2D eigenvalue weighted by Gasteiger charge is 2.25. The third kappa shape index (κ3) is 4.25. The first kappa shape index (κ1) is 17.8. The van der Waals surface area contributed by atoms with E-state index >= 15 is 0 Å². The second kappa shape index (κ2) is 6.90. The molecule has 0 radical (unpaired) electrons. The van der Waals surface area contributed by atoms with Crippen LogP contribution in [0.3, 0.4) is 0 Å². The summed E-state index contributed by atoms with van der Waals surface area (Å²) in [5, 5.41) is 0. The molecule has 0 aliphatic heterocycles. The number of rotatable bonds is 6. The maximum absolute atomic E-state index is 4.77. The lowest BCUT2D eigenvalue weighted by molar-refractivity contribution is 0.430. The van der Waals surface area contributed by atoms with Gasteiger partial charge in [0.25, 0.3) is 0 Å². The van der Waals surface area contributed by atoms with Crippen molar-refractivity contribution in [2.75, 3.05) is 0 Å². The van der Waals surface area contributed by atoms with Gasteiger partial charge >= 0.3 is 0 Å². The maximum atomic E-state index is 4.77. The second-order valence-corrected chi connectivity index (χ2v) is 8.13. The predicted octanol–water partition coefficient (Wildman–Crippen LogP) is 6.13. The second-order valence-electron chi connectivity index (χ2n) is 8.13. The molecule has 0 aliphatic rings. The molecule has 0 aliphatic carbocycles. The number of nitrogens with one attached hydrogen (secondary N) is 1. The van der Waals surface area contributed by atoms with Crippen LogP contribution in [-0.4, -0.2) is 9.97 Å². The zero-order valence-corrected chi connectivity index (χ0v) is 15.8. The highest BCUT2D eigenvalue weighted by molar-refractivity contribution is 5.30. The number of H-pyrrole nitrogens is 1. The molecule has 2 rings (SSSR count). The summed E-state index contributed by atoms with van der Waals surface area (Å²) in [6.07, 6.45) is 3.14. The molecule has 1 N–H and O–H groups in total. The van der Waals surface area contributed by atoms with Crippen molar-refractivity contribution in [3.8, 4) is 0 Å². The van der Waals surface area contributed by atoms with Gasteiger partial charge in [0, 0.05) is 12.1 Å². The normalized spacial score (nSPS) is 13.8. The van der Waals surface area contributed by atoms with Gasteiger partial charge in [-0.1, -0.05) is 72.7 Å². The molecule has 1 heterocycles. The van der Waals surface area contributed by atoms with E-state index in [4.69, 9.17) is 4.98 Å². The zero-order chi connectivity index (χ0) is 17.2. The van der Waals surface area contributed by atoms with Crippen molar-refractivity contribution in [1.82, 2.24) is 9.97 Å². The van der Waals surface area contributed by atoms with Gasteiger partial charge in [-0.2, -0.15) is 0 Å². The van der Waals surface area contributed by atoms with Crippen LogP contribution in [0.4, 0.5) is 0 Å². The van der Waals surface area contributed by atoms with Crippen molar-refractivity contribution in [1.29, 1.82) is 0 Å². The summed E-state index contributed by atoms with van der Waals surface area (Å²) in [7, 11) is 0. The minimum Gasteiger partial charge on any atom is -0.348 e. The summed E-state index contributed by atoms with van der Waals surface area (Å²) < 4.78 is 0. The molecular weight excluding hydrogens is 280 g/mol. The summed E-state index contributed by atoms with van der Waals surface area (Å²) in [6, 6.07) is 9.14. The number of hydrogen-bond donors (Lipinski definition) is 1. The highest BCUT2D eigenvalue weighted by atomic mass is 14.9. The van der Waals surface area contributed by atoms with E-state index in [-0.39, 0.29) is 5.41 Å². The molecule has 2 heteroatoms. The van der Waals surface area contributed by atoms with Crippen LogP contribution in [0.5, 0.6) is 0 Å². The molecule has 0 saturated heterocycles. The van der Waals surface area contributed by atoms with E-state index in [0.29, 0.717) is 17.8 Å². The molecule has 1 aromatic heterocycles. The Balaban J connectivity index is 2.12. The van der Waals surface area contributed by atoms with Gasteiger partial charge < -0.3 is 4.98 Å². The lowest BCUT2D eigenvalue weighted by Crippen LogP contribution is -2.20. The van der Waals surface area contributed by atoms with Crippen molar-refractivity contribution >= 4 is 0 Å². The summed E-state index contributed by atoms with van der Waals surface area (Å²) in [6.45, 7) is 15.8. The summed E-state index contributed by atoms with van der Waals surface area (Å²) in [5.74, 6) is 2.59. The molecule has 23 heavy (non-hydrogen) atoms. The molecule has 1 aromatic carbocycles. The first-order valence-electron chi connectivity index (χ1n) is 8.86. The topological polar surface area (TPSA) is 28.7 Å². The van der Waals surface area contributed by atoms with Gasteiger partial charge in [-0.3, -0.25) is 0 Å². The third-order valence-electron chi connectivity index (χ3n) is 4.85. The van der Waals surface area contributed by atoms with Crippen LogP contribution < -0.4 is 0 Å². The van der Waals surface area contributed by atoms with Crippen molar-refractivity contribution < 1.29 is 0 Å². The molecule has 0 saturated carbocycles. The van der Waals surface area contributed by atoms with E-state index in [2.05, 4.69) is 83.9 Å². The number of aromatic nitrogens is 2. The molecule has 0 bridgehead atoms. The van der Waals surface area contributed by atoms with Crippen LogP contribution in [-0.2, 0) is 5.41 Å². The number of nitrogens with zero attached hydrogens (tertiary/aromatic N) is 1. The fourth-order valence-corrected chi connectivity index (χ4v) is 3.20. The van der Waals surface area contributed by atoms with Crippen LogP contribution in [0.25, 0.3) is 0 Å². The van der Waals surface area contributed by atoms with Crippen molar-refractivity contribution in [2.24, 2.45) is 0 Å². The van der Waals surface area contributed by atoms with Crippen molar-refractivity contribution in [3.63, 3.8) is 0 Å². The Hall–Kier alpha value is -1.57.